The van der Waals surface area contributed by atoms with Crippen LogP contribution in [0, 0.1) is 5.82 Å². The number of hydrogen-bond acceptors (Lipinski definition) is 3. The minimum absolute atomic E-state index is 0.262. The standard InChI is InChI=1S/C22H20FN3O/c23-20-13-16(7-10-21(20)26-11-3-4-12-26)15-24-25-22(27)19-9-8-17-5-1-2-6-18(17)14-19/h1-2,5-10,13-15H,3-4,11-12H2,(H,25,27)/b24-15-. The summed E-state index contributed by atoms with van der Waals surface area (Å²) in [5, 5.41) is 6.03. The highest BCUT2D eigenvalue weighted by Crippen LogP contribution is 2.24. The first-order valence-electron chi connectivity index (χ1n) is 9.07. The van der Waals surface area contributed by atoms with Crippen molar-refractivity contribution in [2.24, 2.45) is 5.10 Å². The Kier molecular flexibility index (Phi) is 4.83. The second-order valence-electron chi connectivity index (χ2n) is 6.67. The molecular weight excluding hydrogens is 341 g/mol. The molecule has 0 aromatic heterocycles. The van der Waals surface area contributed by atoms with Crippen LogP contribution in [-0.4, -0.2) is 25.2 Å². The van der Waals surface area contributed by atoms with Crippen molar-refractivity contribution in [2.45, 2.75) is 12.8 Å². The van der Waals surface area contributed by atoms with E-state index in [4.69, 9.17) is 0 Å². The first-order valence-corrected chi connectivity index (χ1v) is 9.07. The summed E-state index contributed by atoms with van der Waals surface area (Å²) in [4.78, 5) is 14.3. The lowest BCUT2D eigenvalue weighted by Gasteiger charge is -2.18. The number of nitrogens with zero attached hydrogens (tertiary/aromatic N) is 2. The Morgan fingerprint density at radius 2 is 1.78 bits per heavy atom. The van der Waals surface area contributed by atoms with Gasteiger partial charge in [-0.2, -0.15) is 5.10 Å². The molecule has 4 rings (SSSR count). The molecule has 0 radical (unpaired) electrons. The van der Waals surface area contributed by atoms with Crippen molar-refractivity contribution in [1.29, 1.82) is 0 Å². The highest BCUT2D eigenvalue weighted by Gasteiger charge is 2.15. The number of benzene rings is 3. The molecule has 3 aromatic rings. The molecule has 1 fully saturated rings. The molecule has 1 aliphatic heterocycles. The van der Waals surface area contributed by atoms with Gasteiger partial charge in [0.15, 0.2) is 0 Å². The highest BCUT2D eigenvalue weighted by molar-refractivity contribution is 5.99. The minimum Gasteiger partial charge on any atom is -0.369 e. The fraction of sp³-hybridized carbons (Fsp3) is 0.182. The molecule has 1 amide bonds. The van der Waals surface area contributed by atoms with E-state index in [2.05, 4.69) is 15.4 Å². The second-order valence-corrected chi connectivity index (χ2v) is 6.67. The van der Waals surface area contributed by atoms with Crippen LogP contribution < -0.4 is 10.3 Å². The first kappa shape index (κ1) is 17.2. The summed E-state index contributed by atoms with van der Waals surface area (Å²) in [6, 6.07) is 18.4. The summed E-state index contributed by atoms with van der Waals surface area (Å²) >= 11 is 0. The summed E-state index contributed by atoms with van der Waals surface area (Å²) in [7, 11) is 0. The number of hydrogen-bond donors (Lipinski definition) is 1. The van der Waals surface area contributed by atoms with Gasteiger partial charge < -0.3 is 4.90 Å². The van der Waals surface area contributed by atoms with E-state index in [0.29, 0.717) is 16.8 Å². The monoisotopic (exact) mass is 361 g/mol. The Labute approximate surface area is 157 Å². The van der Waals surface area contributed by atoms with Gasteiger partial charge in [-0.05, 0) is 53.4 Å². The normalized spacial score (nSPS) is 14.2. The molecule has 4 nitrogen and oxygen atoms in total. The van der Waals surface area contributed by atoms with Crippen LogP contribution in [-0.2, 0) is 0 Å². The fourth-order valence-corrected chi connectivity index (χ4v) is 3.38. The molecule has 5 heteroatoms. The molecule has 1 aliphatic rings. The molecule has 0 atom stereocenters. The average molecular weight is 361 g/mol. The van der Waals surface area contributed by atoms with Crippen LogP contribution in [0.4, 0.5) is 10.1 Å². The summed E-state index contributed by atoms with van der Waals surface area (Å²) < 4.78 is 14.3. The smallest absolute Gasteiger partial charge is 0.271 e. The third kappa shape index (κ3) is 3.82. The van der Waals surface area contributed by atoms with Crippen LogP contribution in [0.3, 0.4) is 0 Å². The number of halogens is 1. The number of rotatable bonds is 4. The summed E-state index contributed by atoms with van der Waals surface area (Å²) in [5.41, 5.74) is 4.26. The summed E-state index contributed by atoms with van der Waals surface area (Å²) in [6.07, 6.45) is 3.66. The molecule has 0 bridgehead atoms. The van der Waals surface area contributed by atoms with Crippen molar-refractivity contribution in [3.63, 3.8) is 0 Å². The van der Waals surface area contributed by atoms with E-state index in [9.17, 15) is 9.18 Å². The quantitative estimate of drug-likeness (QED) is 0.555. The number of nitrogens with one attached hydrogen (secondary N) is 1. The zero-order valence-corrected chi connectivity index (χ0v) is 14.9. The minimum atomic E-state index is -0.300. The van der Waals surface area contributed by atoms with Crippen LogP contribution >= 0.6 is 0 Å². The topological polar surface area (TPSA) is 44.7 Å². The first-order chi connectivity index (χ1) is 13.2. The van der Waals surface area contributed by atoms with E-state index >= 15 is 0 Å². The lowest BCUT2D eigenvalue weighted by Crippen LogP contribution is -2.19. The van der Waals surface area contributed by atoms with Crippen LogP contribution in [0.2, 0.25) is 0 Å². The molecule has 0 aliphatic carbocycles. The van der Waals surface area contributed by atoms with Gasteiger partial charge in [0.25, 0.3) is 5.91 Å². The number of hydrazone groups is 1. The van der Waals surface area contributed by atoms with Gasteiger partial charge in [-0.15, -0.1) is 0 Å². The Morgan fingerprint density at radius 1 is 1.00 bits per heavy atom. The van der Waals surface area contributed by atoms with Crippen LogP contribution in [0.1, 0.15) is 28.8 Å². The third-order valence-corrected chi connectivity index (χ3v) is 4.81. The Hall–Kier alpha value is -3.21. The van der Waals surface area contributed by atoms with Crippen LogP contribution in [0.15, 0.2) is 65.8 Å². The zero-order valence-electron chi connectivity index (χ0n) is 14.9. The largest absolute Gasteiger partial charge is 0.369 e. The lowest BCUT2D eigenvalue weighted by molar-refractivity contribution is 0.0955. The Balaban J connectivity index is 1.43. The van der Waals surface area contributed by atoms with E-state index in [1.165, 1.54) is 12.3 Å². The number of fused-ring (bicyclic) bond motifs is 1. The predicted molar refractivity (Wildman–Crippen MR) is 107 cm³/mol. The number of carbonyl (C=O) groups is 1. The van der Waals surface area contributed by atoms with Crippen molar-refractivity contribution < 1.29 is 9.18 Å². The lowest BCUT2D eigenvalue weighted by atomic mass is 10.1. The van der Waals surface area contributed by atoms with E-state index in [1.54, 1.807) is 12.1 Å². The Bertz CT molecular complexity index is 1010. The molecule has 1 N–H and O–H groups in total. The number of carbonyl (C=O) groups excluding carboxylic acids is 1. The maximum absolute atomic E-state index is 14.3. The maximum Gasteiger partial charge on any atom is 0.271 e. The van der Waals surface area contributed by atoms with Crippen molar-refractivity contribution in [1.82, 2.24) is 5.43 Å². The zero-order chi connectivity index (χ0) is 18.6. The van der Waals surface area contributed by atoms with Gasteiger partial charge in [-0.25, -0.2) is 9.82 Å². The van der Waals surface area contributed by atoms with Gasteiger partial charge in [0, 0.05) is 18.7 Å². The third-order valence-electron chi connectivity index (χ3n) is 4.81. The van der Waals surface area contributed by atoms with Gasteiger partial charge in [0.05, 0.1) is 11.9 Å². The molecule has 0 unspecified atom stereocenters. The van der Waals surface area contributed by atoms with Gasteiger partial charge in [0.1, 0.15) is 5.82 Å². The van der Waals surface area contributed by atoms with E-state index in [1.807, 2.05) is 42.5 Å². The van der Waals surface area contributed by atoms with Gasteiger partial charge in [-0.3, -0.25) is 4.79 Å². The molecule has 1 saturated heterocycles. The van der Waals surface area contributed by atoms with E-state index < -0.39 is 0 Å². The number of amides is 1. The molecule has 0 saturated carbocycles. The van der Waals surface area contributed by atoms with Crippen molar-refractivity contribution >= 4 is 28.6 Å². The van der Waals surface area contributed by atoms with E-state index in [-0.39, 0.29) is 11.7 Å². The van der Waals surface area contributed by atoms with Gasteiger partial charge in [0.2, 0.25) is 0 Å². The van der Waals surface area contributed by atoms with Crippen molar-refractivity contribution in [3.8, 4) is 0 Å². The molecule has 1 heterocycles. The van der Waals surface area contributed by atoms with Gasteiger partial charge in [-0.1, -0.05) is 36.4 Å². The number of anilines is 1. The summed E-state index contributed by atoms with van der Waals surface area (Å²) in [6.45, 7) is 1.79. The maximum atomic E-state index is 14.3. The second kappa shape index (κ2) is 7.58. The highest BCUT2D eigenvalue weighted by atomic mass is 19.1. The summed E-state index contributed by atoms with van der Waals surface area (Å²) in [5.74, 6) is -0.562. The molecule has 136 valence electrons. The predicted octanol–water partition coefficient (Wildman–Crippen LogP) is 4.34. The molecule has 0 spiro atoms. The van der Waals surface area contributed by atoms with Crippen LogP contribution in [0.5, 0.6) is 0 Å². The van der Waals surface area contributed by atoms with Crippen molar-refractivity contribution in [3.05, 3.63) is 77.6 Å². The van der Waals surface area contributed by atoms with E-state index in [0.717, 1.165) is 36.7 Å². The van der Waals surface area contributed by atoms with Crippen LogP contribution in [0.25, 0.3) is 10.8 Å². The molecule has 27 heavy (non-hydrogen) atoms. The van der Waals surface area contributed by atoms with Crippen molar-refractivity contribution in [2.75, 3.05) is 18.0 Å². The Morgan fingerprint density at radius 3 is 2.56 bits per heavy atom. The fourth-order valence-electron chi connectivity index (χ4n) is 3.38. The van der Waals surface area contributed by atoms with Gasteiger partial charge >= 0.3 is 0 Å². The average Bonchev–Trinajstić information content (AvgIpc) is 3.22. The molecule has 3 aromatic carbocycles. The SMILES string of the molecule is O=C(N/N=C\c1ccc(N2CCCC2)c(F)c1)c1ccc2ccccc2c1. The molecular formula is C22H20FN3O.